The minimum atomic E-state index is -1.03. The van der Waals surface area contributed by atoms with Gasteiger partial charge in [0.1, 0.15) is 12.2 Å². The maximum atomic E-state index is 11.1. The molecule has 0 amide bonds. The molecule has 0 fully saturated rings. The first-order valence-electron chi connectivity index (χ1n) is 5.86. The number of nitrogens with zero attached hydrogens (tertiary/aromatic N) is 3. The first-order chi connectivity index (χ1) is 9.31. The van der Waals surface area contributed by atoms with Crippen LogP contribution in [0.4, 0.5) is 11.4 Å². The molecule has 1 N–H and O–H groups in total. The van der Waals surface area contributed by atoms with E-state index in [2.05, 4.69) is 15.9 Å². The summed E-state index contributed by atoms with van der Waals surface area (Å²) < 4.78 is 0.665. The second-order valence-corrected chi connectivity index (χ2v) is 5.42. The molecule has 110 valence electrons. The van der Waals surface area contributed by atoms with Gasteiger partial charge in [0.05, 0.1) is 4.92 Å². The highest BCUT2D eigenvalue weighted by molar-refractivity contribution is 9.10. The lowest BCUT2D eigenvalue weighted by Crippen LogP contribution is -2.36. The van der Waals surface area contributed by atoms with Gasteiger partial charge in [-0.3, -0.25) is 14.9 Å². The van der Waals surface area contributed by atoms with Crippen molar-refractivity contribution in [3.63, 3.8) is 0 Å². The summed E-state index contributed by atoms with van der Waals surface area (Å²) in [4.78, 5) is 24.9. The van der Waals surface area contributed by atoms with Gasteiger partial charge in [-0.2, -0.15) is 0 Å². The Labute approximate surface area is 125 Å². The number of benzene rings is 1. The largest absolute Gasteiger partial charge is 0.480 e. The van der Waals surface area contributed by atoms with E-state index in [-0.39, 0.29) is 12.2 Å². The lowest BCUT2D eigenvalue weighted by atomic mass is 10.2. The quantitative estimate of drug-likeness (QED) is 0.599. The second kappa shape index (κ2) is 7.20. The number of halogens is 1. The molecule has 0 aromatic heterocycles. The highest BCUT2D eigenvalue weighted by Gasteiger charge is 2.21. The number of carboxylic acids is 1. The van der Waals surface area contributed by atoms with Crippen molar-refractivity contribution >= 4 is 33.3 Å². The molecule has 1 rings (SSSR count). The van der Waals surface area contributed by atoms with Gasteiger partial charge < -0.3 is 14.9 Å². The Bertz CT molecular complexity index is 507. The fourth-order valence-electron chi connectivity index (χ4n) is 1.67. The molecular weight excluding hydrogens is 330 g/mol. The minimum Gasteiger partial charge on any atom is -0.480 e. The number of nitro benzene ring substituents is 1. The summed E-state index contributed by atoms with van der Waals surface area (Å²) in [5.74, 6) is -1.03. The molecule has 0 heterocycles. The Balaban J connectivity index is 3.13. The summed E-state index contributed by atoms with van der Waals surface area (Å²) in [5, 5.41) is 20.0. The van der Waals surface area contributed by atoms with Crippen molar-refractivity contribution in [1.82, 2.24) is 4.90 Å². The van der Waals surface area contributed by atoms with Gasteiger partial charge >= 0.3 is 5.97 Å². The van der Waals surface area contributed by atoms with Gasteiger partial charge in [0.2, 0.25) is 0 Å². The van der Waals surface area contributed by atoms with Crippen LogP contribution in [0.15, 0.2) is 22.7 Å². The summed E-state index contributed by atoms with van der Waals surface area (Å²) >= 11 is 3.25. The zero-order valence-electron chi connectivity index (χ0n) is 11.2. The molecule has 1 aromatic rings. The Kier molecular flexibility index (Phi) is 5.90. The van der Waals surface area contributed by atoms with Crippen LogP contribution in [0, 0.1) is 10.1 Å². The van der Waals surface area contributed by atoms with Crippen molar-refractivity contribution < 1.29 is 14.8 Å². The third kappa shape index (κ3) is 4.78. The molecule has 0 aliphatic rings. The number of aliphatic carboxylic acids is 1. The number of hydrogen-bond donors (Lipinski definition) is 1. The van der Waals surface area contributed by atoms with Crippen LogP contribution in [0.25, 0.3) is 0 Å². The highest BCUT2D eigenvalue weighted by Crippen LogP contribution is 2.31. The first kappa shape index (κ1) is 16.4. The predicted molar refractivity (Wildman–Crippen MR) is 79.2 cm³/mol. The molecule has 7 nitrogen and oxygen atoms in total. The number of nitro groups is 1. The number of carboxylic acid groups (broad SMARTS) is 1. The Hall–Kier alpha value is -1.67. The number of anilines is 1. The summed E-state index contributed by atoms with van der Waals surface area (Å²) in [6.07, 6.45) is 0. The third-order valence-electron chi connectivity index (χ3n) is 2.62. The highest BCUT2D eigenvalue weighted by atomic mass is 79.9. The van der Waals surface area contributed by atoms with Crippen molar-refractivity contribution in [2.24, 2.45) is 0 Å². The number of likely N-dealkylation sites (N-methyl/N-ethyl adjacent to an activating group) is 1. The van der Waals surface area contributed by atoms with Crippen molar-refractivity contribution in [3.8, 4) is 0 Å². The first-order valence-corrected chi connectivity index (χ1v) is 6.66. The molecule has 20 heavy (non-hydrogen) atoms. The van der Waals surface area contributed by atoms with Crippen LogP contribution in [-0.2, 0) is 4.79 Å². The SMILES string of the molecule is CN(C)CCN(CC(=O)O)c1cc(Br)ccc1[N+](=O)[O-]. The third-order valence-corrected chi connectivity index (χ3v) is 3.11. The number of carbonyl (C=O) groups is 1. The van der Waals surface area contributed by atoms with E-state index in [0.29, 0.717) is 23.2 Å². The Morgan fingerprint density at radius 1 is 1.40 bits per heavy atom. The van der Waals surface area contributed by atoms with E-state index in [9.17, 15) is 14.9 Å². The van der Waals surface area contributed by atoms with Crippen LogP contribution in [0.2, 0.25) is 0 Å². The van der Waals surface area contributed by atoms with Crippen LogP contribution in [0.5, 0.6) is 0 Å². The van der Waals surface area contributed by atoms with E-state index >= 15 is 0 Å². The molecule has 0 atom stereocenters. The van der Waals surface area contributed by atoms with Crippen LogP contribution in [-0.4, -0.2) is 54.6 Å². The lowest BCUT2D eigenvalue weighted by Gasteiger charge is -2.24. The minimum absolute atomic E-state index is 0.104. The summed E-state index contributed by atoms with van der Waals surface area (Å²) in [5.41, 5.74) is 0.196. The molecular formula is C12H16BrN3O4. The number of hydrogen-bond acceptors (Lipinski definition) is 5. The normalized spacial score (nSPS) is 10.6. The smallest absolute Gasteiger partial charge is 0.323 e. The maximum Gasteiger partial charge on any atom is 0.323 e. The van der Waals surface area contributed by atoms with E-state index in [1.54, 1.807) is 12.1 Å². The fraction of sp³-hybridized carbons (Fsp3) is 0.417. The molecule has 0 saturated carbocycles. The van der Waals surface area contributed by atoms with Gasteiger partial charge in [-0.1, -0.05) is 15.9 Å². The van der Waals surface area contributed by atoms with Crippen molar-refractivity contribution in [2.75, 3.05) is 38.6 Å². The molecule has 0 saturated heterocycles. The molecule has 0 spiro atoms. The predicted octanol–water partition coefficient (Wildman–Crippen LogP) is 1.81. The monoisotopic (exact) mass is 345 g/mol. The maximum absolute atomic E-state index is 11.1. The van der Waals surface area contributed by atoms with Crippen LogP contribution in [0.3, 0.4) is 0 Å². The van der Waals surface area contributed by atoms with Crippen molar-refractivity contribution in [1.29, 1.82) is 0 Å². The van der Waals surface area contributed by atoms with Crippen molar-refractivity contribution in [3.05, 3.63) is 32.8 Å². The van der Waals surface area contributed by atoms with Crippen molar-refractivity contribution in [2.45, 2.75) is 0 Å². The standard InChI is InChI=1S/C12H16BrN3O4/c1-14(2)5-6-15(8-12(17)18)11-7-9(13)3-4-10(11)16(19)20/h3-4,7H,5-6,8H2,1-2H3,(H,17,18). The average Bonchev–Trinajstić information content (AvgIpc) is 2.33. The van der Waals surface area contributed by atoms with Gasteiger partial charge in [-0.15, -0.1) is 0 Å². The molecule has 0 aliphatic carbocycles. The number of rotatable bonds is 7. The summed E-state index contributed by atoms with van der Waals surface area (Å²) in [6, 6.07) is 4.49. The van der Waals surface area contributed by atoms with Gasteiger partial charge in [-0.05, 0) is 26.2 Å². The van der Waals surface area contributed by atoms with Crippen LogP contribution >= 0.6 is 15.9 Å². The average molecular weight is 346 g/mol. The van der Waals surface area contributed by atoms with E-state index in [4.69, 9.17) is 5.11 Å². The van der Waals surface area contributed by atoms with Crippen LogP contribution in [0.1, 0.15) is 0 Å². The molecule has 0 aliphatic heterocycles. The zero-order valence-corrected chi connectivity index (χ0v) is 12.8. The van der Waals surface area contributed by atoms with E-state index in [1.165, 1.54) is 11.0 Å². The van der Waals surface area contributed by atoms with E-state index < -0.39 is 10.9 Å². The molecule has 8 heteroatoms. The topological polar surface area (TPSA) is 86.9 Å². The second-order valence-electron chi connectivity index (χ2n) is 4.51. The Morgan fingerprint density at radius 3 is 2.55 bits per heavy atom. The van der Waals surface area contributed by atoms with E-state index in [1.807, 2.05) is 19.0 Å². The molecule has 0 bridgehead atoms. The van der Waals surface area contributed by atoms with Crippen LogP contribution < -0.4 is 4.90 Å². The summed E-state index contributed by atoms with van der Waals surface area (Å²) in [6.45, 7) is 0.693. The van der Waals surface area contributed by atoms with Gasteiger partial charge in [0.15, 0.2) is 0 Å². The summed E-state index contributed by atoms with van der Waals surface area (Å²) in [7, 11) is 3.71. The van der Waals surface area contributed by atoms with Gasteiger partial charge in [0, 0.05) is 23.6 Å². The van der Waals surface area contributed by atoms with Gasteiger partial charge in [-0.25, -0.2) is 0 Å². The molecule has 1 aromatic carbocycles. The zero-order chi connectivity index (χ0) is 15.3. The van der Waals surface area contributed by atoms with E-state index in [0.717, 1.165) is 0 Å². The Morgan fingerprint density at radius 2 is 2.05 bits per heavy atom. The van der Waals surface area contributed by atoms with Gasteiger partial charge in [0.25, 0.3) is 5.69 Å². The molecule has 0 unspecified atom stereocenters. The lowest BCUT2D eigenvalue weighted by molar-refractivity contribution is -0.384. The molecule has 0 radical (unpaired) electrons. The fourth-order valence-corrected chi connectivity index (χ4v) is 2.02.